The summed E-state index contributed by atoms with van der Waals surface area (Å²) in [4.78, 5) is 15.0. The molecule has 0 saturated carbocycles. The van der Waals surface area contributed by atoms with E-state index >= 15 is 0 Å². The standard InChI is InChI=1S/C23H15ClFNO2S2/c24-17-8-11-20(28-14-15-6-9-18(25)10-7-15)16(12-17)13-21-22(27)26(23(29)30-21)19-4-2-1-3-5-19/h1-13H,14H2/b21-13-. The first-order valence-corrected chi connectivity index (χ1v) is 10.6. The third kappa shape index (κ3) is 4.56. The van der Waals surface area contributed by atoms with Gasteiger partial charge in [0.2, 0.25) is 0 Å². The Morgan fingerprint density at radius 1 is 1.07 bits per heavy atom. The second-order valence-electron chi connectivity index (χ2n) is 6.45. The molecule has 1 heterocycles. The molecule has 1 saturated heterocycles. The summed E-state index contributed by atoms with van der Waals surface area (Å²) in [7, 11) is 0. The molecule has 150 valence electrons. The number of para-hydroxylation sites is 1. The number of halogens is 2. The third-order valence-corrected chi connectivity index (χ3v) is 5.91. The number of ether oxygens (including phenoxy) is 1. The zero-order valence-electron chi connectivity index (χ0n) is 15.5. The van der Waals surface area contributed by atoms with Crippen molar-refractivity contribution in [2.24, 2.45) is 0 Å². The van der Waals surface area contributed by atoms with Gasteiger partial charge in [0.05, 0.1) is 10.6 Å². The van der Waals surface area contributed by atoms with Gasteiger partial charge >= 0.3 is 0 Å². The zero-order valence-corrected chi connectivity index (χ0v) is 17.9. The van der Waals surface area contributed by atoms with E-state index in [0.717, 1.165) is 11.3 Å². The second-order valence-corrected chi connectivity index (χ2v) is 8.56. The number of hydrogen-bond acceptors (Lipinski definition) is 4. The minimum atomic E-state index is -0.300. The highest BCUT2D eigenvalue weighted by Gasteiger charge is 2.33. The monoisotopic (exact) mass is 455 g/mol. The number of amides is 1. The fraction of sp³-hybridized carbons (Fsp3) is 0.0435. The minimum Gasteiger partial charge on any atom is -0.488 e. The Morgan fingerprint density at radius 2 is 1.80 bits per heavy atom. The molecule has 7 heteroatoms. The highest BCUT2D eigenvalue weighted by atomic mass is 35.5. The predicted molar refractivity (Wildman–Crippen MR) is 124 cm³/mol. The number of thioether (sulfide) groups is 1. The molecule has 3 nitrogen and oxygen atoms in total. The van der Waals surface area contributed by atoms with E-state index in [0.29, 0.717) is 25.6 Å². The summed E-state index contributed by atoms with van der Waals surface area (Å²) in [5.41, 5.74) is 2.22. The van der Waals surface area contributed by atoms with E-state index in [1.807, 2.05) is 30.3 Å². The van der Waals surface area contributed by atoms with Crippen LogP contribution in [-0.2, 0) is 11.4 Å². The largest absolute Gasteiger partial charge is 0.488 e. The Kier molecular flexibility index (Phi) is 6.18. The van der Waals surface area contributed by atoms with Crippen LogP contribution in [0.2, 0.25) is 5.02 Å². The van der Waals surface area contributed by atoms with Crippen molar-refractivity contribution in [1.82, 2.24) is 0 Å². The normalized spacial score (nSPS) is 15.1. The molecular formula is C23H15ClFNO2S2. The van der Waals surface area contributed by atoms with E-state index in [1.165, 1.54) is 28.8 Å². The predicted octanol–water partition coefficient (Wildman–Crippen LogP) is 6.46. The van der Waals surface area contributed by atoms with Gasteiger partial charge in [-0.1, -0.05) is 65.9 Å². The lowest BCUT2D eigenvalue weighted by Crippen LogP contribution is -2.27. The molecule has 0 unspecified atom stereocenters. The van der Waals surface area contributed by atoms with Crippen molar-refractivity contribution in [2.45, 2.75) is 6.61 Å². The van der Waals surface area contributed by atoms with Crippen molar-refractivity contribution in [3.05, 3.63) is 99.7 Å². The zero-order chi connectivity index (χ0) is 21.1. The molecule has 1 amide bonds. The summed E-state index contributed by atoms with van der Waals surface area (Å²) in [6, 6.07) is 20.6. The van der Waals surface area contributed by atoms with Gasteiger partial charge in [-0.05, 0) is 54.1 Å². The Hall–Kier alpha value is -2.67. The van der Waals surface area contributed by atoms with Crippen LogP contribution in [0.25, 0.3) is 6.08 Å². The van der Waals surface area contributed by atoms with Crippen LogP contribution in [0.5, 0.6) is 5.75 Å². The summed E-state index contributed by atoms with van der Waals surface area (Å²) >= 11 is 12.8. The molecule has 1 aliphatic heterocycles. The maximum Gasteiger partial charge on any atom is 0.270 e. The van der Waals surface area contributed by atoms with E-state index in [1.54, 1.807) is 36.4 Å². The van der Waals surface area contributed by atoms with Crippen LogP contribution in [0.15, 0.2) is 77.7 Å². The first-order chi connectivity index (χ1) is 14.5. The Morgan fingerprint density at radius 3 is 2.53 bits per heavy atom. The molecule has 0 radical (unpaired) electrons. The highest BCUT2D eigenvalue weighted by Crippen LogP contribution is 2.37. The molecule has 0 N–H and O–H groups in total. The van der Waals surface area contributed by atoms with Crippen molar-refractivity contribution < 1.29 is 13.9 Å². The molecule has 1 aliphatic rings. The number of carbonyl (C=O) groups excluding carboxylic acids is 1. The summed E-state index contributed by atoms with van der Waals surface area (Å²) in [6.45, 7) is 0.258. The van der Waals surface area contributed by atoms with Crippen LogP contribution < -0.4 is 9.64 Å². The quantitative estimate of drug-likeness (QED) is 0.326. The van der Waals surface area contributed by atoms with Gasteiger partial charge in [0.1, 0.15) is 18.2 Å². The minimum absolute atomic E-state index is 0.194. The van der Waals surface area contributed by atoms with E-state index < -0.39 is 0 Å². The average molecular weight is 456 g/mol. The molecular weight excluding hydrogens is 441 g/mol. The Bertz CT molecular complexity index is 1130. The van der Waals surface area contributed by atoms with Gasteiger partial charge in [0.25, 0.3) is 5.91 Å². The lowest BCUT2D eigenvalue weighted by molar-refractivity contribution is -0.113. The van der Waals surface area contributed by atoms with Gasteiger partial charge in [-0.25, -0.2) is 4.39 Å². The molecule has 3 aromatic rings. The van der Waals surface area contributed by atoms with E-state index in [2.05, 4.69) is 0 Å². The van der Waals surface area contributed by atoms with E-state index in [4.69, 9.17) is 28.6 Å². The molecule has 0 aliphatic carbocycles. The highest BCUT2D eigenvalue weighted by molar-refractivity contribution is 8.27. The van der Waals surface area contributed by atoms with Crippen molar-refractivity contribution in [3.8, 4) is 5.75 Å². The number of carbonyl (C=O) groups is 1. The smallest absolute Gasteiger partial charge is 0.270 e. The molecule has 1 fully saturated rings. The van der Waals surface area contributed by atoms with Gasteiger partial charge in [0, 0.05) is 10.6 Å². The Balaban J connectivity index is 1.60. The molecule has 0 bridgehead atoms. The molecule has 3 aromatic carbocycles. The molecule has 0 spiro atoms. The van der Waals surface area contributed by atoms with Crippen molar-refractivity contribution in [2.75, 3.05) is 4.90 Å². The van der Waals surface area contributed by atoms with Crippen molar-refractivity contribution >= 4 is 57.6 Å². The van der Waals surface area contributed by atoms with Crippen LogP contribution in [0, 0.1) is 5.82 Å². The van der Waals surface area contributed by atoms with Gasteiger partial charge in [0.15, 0.2) is 4.32 Å². The fourth-order valence-electron chi connectivity index (χ4n) is 2.91. The third-order valence-electron chi connectivity index (χ3n) is 4.37. The maximum atomic E-state index is 13.1. The van der Waals surface area contributed by atoms with E-state index in [9.17, 15) is 9.18 Å². The first-order valence-electron chi connectivity index (χ1n) is 9.01. The lowest BCUT2D eigenvalue weighted by Gasteiger charge is -2.14. The Labute approximate surface area is 188 Å². The molecule has 0 atom stereocenters. The van der Waals surface area contributed by atoms with Crippen LogP contribution in [0.4, 0.5) is 10.1 Å². The maximum absolute atomic E-state index is 13.1. The summed E-state index contributed by atoms with van der Waals surface area (Å²) in [6.07, 6.45) is 1.73. The molecule has 0 aromatic heterocycles. The van der Waals surface area contributed by atoms with Gasteiger partial charge in [-0.15, -0.1) is 0 Å². The summed E-state index contributed by atoms with van der Waals surface area (Å²) in [5.74, 6) is 0.0701. The number of rotatable bonds is 5. The summed E-state index contributed by atoms with van der Waals surface area (Å²) in [5, 5.41) is 0.522. The molecule has 4 rings (SSSR count). The average Bonchev–Trinajstić information content (AvgIpc) is 3.02. The fourth-order valence-corrected chi connectivity index (χ4v) is 4.38. The number of thiocarbonyl (C=S) groups is 1. The van der Waals surface area contributed by atoms with Gasteiger partial charge < -0.3 is 4.74 Å². The number of anilines is 1. The van der Waals surface area contributed by atoms with Crippen molar-refractivity contribution in [3.63, 3.8) is 0 Å². The molecule has 30 heavy (non-hydrogen) atoms. The van der Waals surface area contributed by atoms with E-state index in [-0.39, 0.29) is 18.3 Å². The van der Waals surface area contributed by atoms with Crippen LogP contribution in [0.1, 0.15) is 11.1 Å². The van der Waals surface area contributed by atoms with Crippen molar-refractivity contribution in [1.29, 1.82) is 0 Å². The van der Waals surface area contributed by atoms with Crippen LogP contribution >= 0.6 is 35.6 Å². The van der Waals surface area contributed by atoms with Crippen LogP contribution in [0.3, 0.4) is 0 Å². The SMILES string of the molecule is O=C1/C(=C/c2cc(Cl)ccc2OCc2ccc(F)cc2)SC(=S)N1c1ccccc1. The summed E-state index contributed by atoms with van der Waals surface area (Å²) < 4.78 is 19.5. The van der Waals surface area contributed by atoms with Gasteiger partial charge in [-0.3, -0.25) is 9.69 Å². The lowest BCUT2D eigenvalue weighted by atomic mass is 10.1. The number of hydrogen-bond donors (Lipinski definition) is 0. The first kappa shape index (κ1) is 20.6. The van der Waals surface area contributed by atoms with Gasteiger partial charge in [-0.2, -0.15) is 0 Å². The van der Waals surface area contributed by atoms with Crippen LogP contribution in [-0.4, -0.2) is 10.2 Å². The number of benzene rings is 3. The second kappa shape index (κ2) is 9.00. The number of nitrogens with zero attached hydrogens (tertiary/aromatic N) is 1. The topological polar surface area (TPSA) is 29.5 Å².